The maximum atomic E-state index is 14.7. The molecule has 5 aromatic rings. The summed E-state index contributed by atoms with van der Waals surface area (Å²) in [6, 6.07) is 13.8. The Morgan fingerprint density at radius 3 is 2.45 bits per heavy atom. The predicted molar refractivity (Wildman–Crippen MR) is 172 cm³/mol. The van der Waals surface area contributed by atoms with E-state index < -0.39 is 26.6 Å². The third kappa shape index (κ3) is 5.46. The summed E-state index contributed by atoms with van der Waals surface area (Å²) in [5.41, 5.74) is 1.77. The van der Waals surface area contributed by atoms with Crippen LogP contribution in [0.2, 0.25) is 0 Å². The van der Waals surface area contributed by atoms with E-state index in [1.165, 1.54) is 31.3 Å². The normalized spacial score (nSPS) is 17.1. The quantitative estimate of drug-likeness (QED) is 0.233. The molecule has 0 fully saturated rings. The fourth-order valence-corrected chi connectivity index (χ4v) is 7.82. The smallest absolute Gasteiger partial charge is 0.383 e. The Bertz CT molecular complexity index is 2300. The van der Waals surface area contributed by atoms with Crippen LogP contribution in [0.3, 0.4) is 0 Å². The average Bonchev–Trinajstić information content (AvgIpc) is 3.69. The third-order valence-corrected chi connectivity index (χ3v) is 11.1. The number of fused-ring (bicyclic) bond motifs is 1. The molecule has 0 spiro atoms. The molecule has 0 bridgehead atoms. The summed E-state index contributed by atoms with van der Waals surface area (Å²) in [4.78, 5) is 28.7. The van der Waals surface area contributed by atoms with E-state index in [0.717, 1.165) is 21.3 Å². The molecule has 0 amide bonds. The first-order valence-corrected chi connectivity index (χ1v) is 16.0. The fourth-order valence-electron chi connectivity index (χ4n) is 5.81. The van der Waals surface area contributed by atoms with Crippen LogP contribution >= 0.6 is 0 Å². The van der Waals surface area contributed by atoms with Crippen LogP contribution in [0.15, 0.2) is 101 Å². The molecule has 1 aliphatic rings. The Labute approximate surface area is 267 Å². The van der Waals surface area contributed by atoms with Crippen LogP contribution in [0.1, 0.15) is 25.8 Å². The number of aromatic amines is 1. The number of nitrogens with one attached hydrogen (secondary N) is 1. The maximum Gasteiger partial charge on any atom is 0.504 e. The predicted octanol–water partition coefficient (Wildman–Crippen LogP) is 5.51. The molecule has 1 aromatic carbocycles. The van der Waals surface area contributed by atoms with E-state index in [1.54, 1.807) is 36.9 Å². The van der Waals surface area contributed by atoms with Crippen molar-refractivity contribution in [2.45, 2.75) is 37.9 Å². The van der Waals surface area contributed by atoms with Crippen molar-refractivity contribution in [2.24, 2.45) is 0 Å². The van der Waals surface area contributed by atoms with Crippen LogP contribution in [0, 0.1) is 0 Å². The van der Waals surface area contributed by atoms with Gasteiger partial charge in [0.25, 0.3) is 11.1 Å². The molecule has 4 aromatic heterocycles. The van der Waals surface area contributed by atoms with Crippen LogP contribution in [-0.2, 0) is 27.6 Å². The molecule has 14 heteroatoms. The van der Waals surface area contributed by atoms with Crippen LogP contribution in [0.4, 0.5) is 13.2 Å². The molecular weight excluding hydrogens is 635 g/mol. The van der Waals surface area contributed by atoms with Gasteiger partial charge in [-0.2, -0.15) is 9.78 Å². The average molecular weight is 666 g/mol. The zero-order chi connectivity index (χ0) is 33.7. The van der Waals surface area contributed by atoms with Gasteiger partial charge in [0.15, 0.2) is 0 Å². The first-order chi connectivity index (χ1) is 22.3. The van der Waals surface area contributed by atoms with E-state index >= 15 is 0 Å². The molecule has 0 saturated heterocycles. The summed E-state index contributed by atoms with van der Waals surface area (Å²) in [5.74, 6) is 0. The highest BCUT2D eigenvalue weighted by molar-refractivity contribution is 7.91. The van der Waals surface area contributed by atoms with Crippen LogP contribution < -0.4 is 11.1 Å². The molecule has 6 rings (SSSR count). The number of alkyl halides is 3. The first-order valence-electron chi connectivity index (χ1n) is 14.5. The molecule has 1 N–H and O–H groups in total. The minimum Gasteiger partial charge on any atom is -0.383 e. The van der Waals surface area contributed by atoms with Crippen molar-refractivity contribution in [3.8, 4) is 22.4 Å². The summed E-state index contributed by atoms with van der Waals surface area (Å²) in [6.45, 7) is 3.83. The maximum absolute atomic E-state index is 14.7. The van der Waals surface area contributed by atoms with E-state index in [2.05, 4.69) is 10.1 Å². The largest absolute Gasteiger partial charge is 0.504 e. The molecule has 1 aliphatic carbocycles. The van der Waals surface area contributed by atoms with E-state index in [4.69, 9.17) is 4.74 Å². The first kappa shape index (κ1) is 32.0. The number of aromatic nitrogens is 5. The molecule has 0 radical (unpaired) electrons. The van der Waals surface area contributed by atoms with Gasteiger partial charge in [0.1, 0.15) is 10.3 Å². The van der Waals surface area contributed by atoms with Gasteiger partial charge in [-0.05, 0) is 54.7 Å². The Morgan fingerprint density at radius 1 is 1.04 bits per heavy atom. The van der Waals surface area contributed by atoms with Crippen molar-refractivity contribution in [3.05, 3.63) is 117 Å². The Hall–Kier alpha value is -4.95. The van der Waals surface area contributed by atoms with E-state index in [1.807, 2.05) is 30.3 Å². The summed E-state index contributed by atoms with van der Waals surface area (Å²) < 4.78 is 75.3. The van der Waals surface area contributed by atoms with Crippen molar-refractivity contribution >= 4 is 26.5 Å². The lowest BCUT2D eigenvalue weighted by Gasteiger charge is -2.34. The topological polar surface area (TPSA) is 121 Å². The number of H-pyrrole nitrogens is 1. The van der Waals surface area contributed by atoms with Crippen molar-refractivity contribution < 1.29 is 26.3 Å². The highest BCUT2D eigenvalue weighted by Gasteiger charge is 2.45. The SMILES string of the molecule is COCCn1cc(-c2ccccc2)c(C2=CCC(C)(S(=O)(=O)n3c(-c4cnn(C(F)(F)F)c4)cc4cc[nH]c(=O)c43)C(C)=C2)cc1=O. The second-order valence-electron chi connectivity index (χ2n) is 11.5. The second kappa shape index (κ2) is 11.7. The van der Waals surface area contributed by atoms with Gasteiger partial charge in [0.2, 0.25) is 10.0 Å². The number of nitrogens with zero attached hydrogens (tertiary/aromatic N) is 4. The van der Waals surface area contributed by atoms with Gasteiger partial charge in [-0.3, -0.25) is 9.59 Å². The van der Waals surface area contributed by atoms with E-state index in [9.17, 15) is 31.2 Å². The van der Waals surface area contributed by atoms with Gasteiger partial charge in [-0.1, -0.05) is 42.5 Å². The lowest BCUT2D eigenvalue weighted by Crippen LogP contribution is -2.42. The molecule has 1 unspecified atom stereocenters. The molecule has 0 saturated carbocycles. The van der Waals surface area contributed by atoms with Gasteiger partial charge in [0.05, 0.1) is 18.5 Å². The van der Waals surface area contributed by atoms with Crippen LogP contribution in [0.5, 0.6) is 0 Å². The molecule has 1 atom stereocenters. The van der Waals surface area contributed by atoms with Crippen LogP contribution in [0.25, 0.3) is 38.9 Å². The number of allylic oxidation sites excluding steroid dienone is 3. The minimum absolute atomic E-state index is 0.0559. The number of methoxy groups -OCH3 is 1. The van der Waals surface area contributed by atoms with Crippen molar-refractivity contribution in [2.75, 3.05) is 13.7 Å². The summed E-state index contributed by atoms with van der Waals surface area (Å²) in [6.07, 6.45) is 3.21. The van der Waals surface area contributed by atoms with Gasteiger partial charge >= 0.3 is 6.30 Å². The van der Waals surface area contributed by atoms with Gasteiger partial charge in [-0.25, -0.2) is 12.4 Å². The minimum atomic E-state index is -4.83. The third-order valence-electron chi connectivity index (χ3n) is 8.60. The molecule has 0 aliphatic heterocycles. The number of ether oxygens (including phenoxy) is 1. The highest BCUT2D eigenvalue weighted by Crippen LogP contribution is 2.43. The Balaban J connectivity index is 1.48. The summed E-state index contributed by atoms with van der Waals surface area (Å²) >= 11 is 0. The number of hydrogen-bond acceptors (Lipinski definition) is 6. The lowest BCUT2D eigenvalue weighted by atomic mass is 9.85. The van der Waals surface area contributed by atoms with Crippen molar-refractivity contribution in [1.82, 2.24) is 23.3 Å². The number of pyridine rings is 2. The van der Waals surface area contributed by atoms with Crippen molar-refractivity contribution in [3.63, 3.8) is 0 Å². The van der Waals surface area contributed by atoms with E-state index in [0.29, 0.717) is 36.1 Å². The summed E-state index contributed by atoms with van der Waals surface area (Å²) in [5, 5.41) is 3.60. The van der Waals surface area contributed by atoms with Crippen LogP contribution in [-0.4, -0.2) is 50.2 Å². The zero-order valence-electron chi connectivity index (χ0n) is 25.6. The zero-order valence-corrected chi connectivity index (χ0v) is 26.4. The fraction of sp³-hybridized carbons (Fsp3) is 0.242. The number of benzene rings is 1. The monoisotopic (exact) mass is 665 g/mol. The molecule has 244 valence electrons. The van der Waals surface area contributed by atoms with Crippen molar-refractivity contribution in [1.29, 1.82) is 0 Å². The van der Waals surface area contributed by atoms with Gasteiger partial charge in [0, 0.05) is 54.8 Å². The highest BCUT2D eigenvalue weighted by atomic mass is 32.2. The van der Waals surface area contributed by atoms with Gasteiger partial charge in [-0.15, -0.1) is 13.2 Å². The number of rotatable bonds is 8. The second-order valence-corrected chi connectivity index (χ2v) is 13.7. The molecule has 10 nitrogen and oxygen atoms in total. The van der Waals surface area contributed by atoms with E-state index in [-0.39, 0.29) is 38.8 Å². The number of hydrogen-bond donors (Lipinski definition) is 1. The Morgan fingerprint density at radius 2 is 1.79 bits per heavy atom. The standard InChI is InChI=1S/C33H30F3N5O5S/c1-21-15-23(26-17-29(42)39(13-14-46-3)20-27(26)22-7-5-4-6-8-22)9-11-32(21,2)47(44,45)41-28(16-24-10-12-37-31(43)30(24)41)25-18-38-40(19-25)33(34,35)36/h4-10,12,15-20H,11,13-14H2,1-3H3,(H,37,43). The Kier molecular flexibility index (Phi) is 7.96. The molecular formula is C33H30F3N5O5S. The number of halogens is 3. The lowest BCUT2D eigenvalue weighted by molar-refractivity contribution is -0.212. The van der Waals surface area contributed by atoms with Gasteiger partial charge < -0.3 is 14.3 Å². The molecule has 4 heterocycles. The molecule has 47 heavy (non-hydrogen) atoms. The summed E-state index contributed by atoms with van der Waals surface area (Å²) in [7, 11) is -2.98.